The summed E-state index contributed by atoms with van der Waals surface area (Å²) in [7, 11) is -2.66. The standard InChI is InChI=1S/C10H15N5O7P2.2Na.2H/c11-8-5-9(13-2-12-8)15(3-14-5)10-7(17)6(16)4(21-10)1-20-24(18,19)22-23;;;;/h2-4,6-7,10,16-17H,1,23H2,(H,18,19)(H2,11,12,13);;;;/t4-,6-,7-,10-;;;;/m1..../s1. The number of hydrogen-bond acceptors (Lipinski definition) is 10. The third-order valence-electron chi connectivity index (χ3n) is 3.53. The van der Waals surface area contributed by atoms with E-state index in [-0.39, 0.29) is 64.9 Å². The van der Waals surface area contributed by atoms with Crippen molar-refractivity contribution in [2.45, 2.75) is 24.5 Å². The molecule has 0 spiro atoms. The number of aromatic nitrogens is 4. The van der Waals surface area contributed by atoms with E-state index in [9.17, 15) is 19.7 Å². The number of aliphatic hydroxyl groups is 2. The minimum atomic E-state index is -4.26. The molecule has 0 radical (unpaired) electrons. The Bertz CT molecular complexity index is 798. The third-order valence-corrected chi connectivity index (χ3v) is 5.07. The van der Waals surface area contributed by atoms with Crippen LogP contribution >= 0.6 is 17.3 Å². The number of nitrogens with zero attached hydrogens (tertiary/aromatic N) is 4. The van der Waals surface area contributed by atoms with Gasteiger partial charge in [0.15, 0.2) is 17.7 Å². The molecule has 1 saturated heterocycles. The summed E-state index contributed by atoms with van der Waals surface area (Å²) in [5.41, 5.74) is 6.32. The Morgan fingerprint density at radius 1 is 1.31 bits per heavy atom. The molecule has 1 aliphatic rings. The number of rotatable bonds is 5. The molecule has 0 aromatic carbocycles. The van der Waals surface area contributed by atoms with Crippen LogP contribution in [0, 0.1) is 0 Å². The monoisotopic (exact) mass is 427 g/mol. The van der Waals surface area contributed by atoms with E-state index in [0.29, 0.717) is 11.2 Å². The van der Waals surface area contributed by atoms with E-state index in [4.69, 9.17) is 10.5 Å². The van der Waals surface area contributed by atoms with Gasteiger partial charge in [0.1, 0.15) is 30.2 Å². The number of aliphatic hydroxyl groups excluding tert-OH is 2. The zero-order chi connectivity index (χ0) is 17.5. The van der Waals surface area contributed by atoms with E-state index < -0.39 is 39.0 Å². The number of nitrogen functional groups attached to an aromatic ring is 1. The van der Waals surface area contributed by atoms with Crippen LogP contribution in [-0.2, 0) is 18.1 Å². The summed E-state index contributed by atoms with van der Waals surface area (Å²) < 4.78 is 27.0. The Balaban J connectivity index is 0.00000169. The van der Waals surface area contributed by atoms with Crippen LogP contribution in [-0.4, -0.2) is 119 Å². The number of nitrogens with two attached hydrogens (primary N) is 1. The van der Waals surface area contributed by atoms with Crippen molar-refractivity contribution in [1.29, 1.82) is 0 Å². The SMILES string of the molecule is Nc1ncnc2c1ncn2[C@@H]1O[C@H](COP(=O)(O)OP)[C@@H](O)[C@H]1O.[NaH].[NaH]. The maximum absolute atomic E-state index is 11.3. The Hall–Kier alpha value is 0.770. The Morgan fingerprint density at radius 3 is 2.65 bits per heavy atom. The second-order valence-corrected chi connectivity index (χ2v) is 7.04. The molecule has 0 amide bonds. The summed E-state index contributed by atoms with van der Waals surface area (Å²) in [6.45, 7) is -0.472. The summed E-state index contributed by atoms with van der Waals surface area (Å²) in [5.74, 6) is 0.158. The molecule has 5 N–H and O–H groups in total. The molecule has 2 aromatic rings. The molecule has 2 aromatic heterocycles. The van der Waals surface area contributed by atoms with Crippen molar-refractivity contribution in [2.24, 2.45) is 0 Å². The Kier molecular flexibility index (Phi) is 9.54. The molecular formula is C10H17N5Na2O7P2. The molecule has 136 valence electrons. The molecule has 26 heavy (non-hydrogen) atoms. The van der Waals surface area contributed by atoms with Crippen molar-refractivity contribution in [3.63, 3.8) is 0 Å². The molecule has 2 unspecified atom stereocenters. The molecule has 1 aliphatic heterocycles. The minimum absolute atomic E-state index is 0. The van der Waals surface area contributed by atoms with Crippen LogP contribution < -0.4 is 5.73 Å². The molecular weight excluding hydrogens is 410 g/mol. The molecule has 3 rings (SSSR count). The molecule has 0 saturated carbocycles. The first-order valence-electron chi connectivity index (χ1n) is 6.64. The Morgan fingerprint density at radius 2 is 2.00 bits per heavy atom. The normalized spacial score (nSPS) is 27.5. The first kappa shape index (κ1) is 24.8. The second kappa shape index (κ2) is 10.00. The quantitative estimate of drug-likeness (QED) is 0.297. The molecule has 0 bridgehead atoms. The number of phosphoric acid groups is 1. The van der Waals surface area contributed by atoms with Crippen molar-refractivity contribution >= 4 is 93.4 Å². The van der Waals surface area contributed by atoms with Crippen LogP contribution in [0.25, 0.3) is 11.2 Å². The zero-order valence-electron chi connectivity index (χ0n) is 12.0. The fourth-order valence-electron chi connectivity index (χ4n) is 2.35. The number of phosphoric ester groups is 1. The molecule has 6 atom stereocenters. The number of ether oxygens (including phenoxy) is 1. The van der Waals surface area contributed by atoms with Gasteiger partial charge in [0.25, 0.3) is 0 Å². The van der Waals surface area contributed by atoms with Gasteiger partial charge in [0.2, 0.25) is 0 Å². The van der Waals surface area contributed by atoms with Gasteiger partial charge in [0, 0.05) is 9.47 Å². The summed E-state index contributed by atoms with van der Waals surface area (Å²) in [6.07, 6.45) is -2.25. The van der Waals surface area contributed by atoms with Crippen molar-refractivity contribution < 1.29 is 33.2 Å². The van der Waals surface area contributed by atoms with E-state index >= 15 is 0 Å². The number of imidazole rings is 1. The Labute approximate surface area is 194 Å². The van der Waals surface area contributed by atoms with Gasteiger partial charge < -0.3 is 25.6 Å². The van der Waals surface area contributed by atoms with Crippen LogP contribution in [0.15, 0.2) is 12.7 Å². The van der Waals surface area contributed by atoms with Gasteiger partial charge in [-0.2, -0.15) is 0 Å². The van der Waals surface area contributed by atoms with Crippen LogP contribution in [0.5, 0.6) is 0 Å². The van der Waals surface area contributed by atoms with Gasteiger partial charge in [-0.1, -0.05) is 0 Å². The van der Waals surface area contributed by atoms with Crippen LogP contribution in [0.2, 0.25) is 0 Å². The van der Waals surface area contributed by atoms with E-state index in [1.807, 2.05) is 0 Å². The van der Waals surface area contributed by atoms with Crippen LogP contribution in [0.4, 0.5) is 5.82 Å². The maximum atomic E-state index is 11.3. The topological polar surface area (TPSA) is 175 Å². The first-order chi connectivity index (χ1) is 11.3. The van der Waals surface area contributed by atoms with Crippen molar-refractivity contribution in [1.82, 2.24) is 19.5 Å². The molecule has 0 aliphatic carbocycles. The van der Waals surface area contributed by atoms with E-state index in [1.165, 1.54) is 17.2 Å². The van der Waals surface area contributed by atoms with E-state index in [1.54, 1.807) is 9.47 Å². The van der Waals surface area contributed by atoms with Crippen molar-refractivity contribution in [3.8, 4) is 0 Å². The van der Waals surface area contributed by atoms with Gasteiger partial charge >= 0.3 is 66.9 Å². The predicted molar refractivity (Wildman–Crippen MR) is 96.5 cm³/mol. The second-order valence-electron chi connectivity index (χ2n) is 5.00. The fourth-order valence-corrected chi connectivity index (χ4v) is 2.93. The van der Waals surface area contributed by atoms with E-state index in [0.717, 1.165) is 0 Å². The van der Waals surface area contributed by atoms with Crippen molar-refractivity contribution in [3.05, 3.63) is 12.7 Å². The molecule has 1 fully saturated rings. The number of anilines is 1. The van der Waals surface area contributed by atoms with Crippen LogP contribution in [0.3, 0.4) is 0 Å². The number of fused-ring (bicyclic) bond motifs is 1. The van der Waals surface area contributed by atoms with E-state index in [2.05, 4.69) is 23.8 Å². The van der Waals surface area contributed by atoms with Gasteiger partial charge in [0.05, 0.1) is 12.9 Å². The third kappa shape index (κ3) is 5.03. The van der Waals surface area contributed by atoms with Gasteiger partial charge in [-0.3, -0.25) is 13.4 Å². The van der Waals surface area contributed by atoms with Gasteiger partial charge in [-0.05, 0) is 0 Å². The van der Waals surface area contributed by atoms with Crippen molar-refractivity contribution in [2.75, 3.05) is 12.3 Å². The molecule has 16 heteroatoms. The average molecular weight is 427 g/mol. The zero-order valence-corrected chi connectivity index (χ0v) is 14.1. The summed E-state index contributed by atoms with van der Waals surface area (Å²) in [5, 5.41) is 20.3. The van der Waals surface area contributed by atoms with Gasteiger partial charge in [-0.15, -0.1) is 0 Å². The van der Waals surface area contributed by atoms with Crippen LogP contribution in [0.1, 0.15) is 6.23 Å². The average Bonchev–Trinajstić information content (AvgIpc) is 3.10. The first-order valence-corrected chi connectivity index (χ1v) is 8.61. The molecule has 3 heterocycles. The summed E-state index contributed by atoms with van der Waals surface area (Å²) in [6, 6.07) is 0. The van der Waals surface area contributed by atoms with Gasteiger partial charge in [-0.25, -0.2) is 19.5 Å². The fraction of sp³-hybridized carbons (Fsp3) is 0.500. The number of hydrogen-bond donors (Lipinski definition) is 4. The molecule has 12 nitrogen and oxygen atoms in total. The predicted octanol–water partition coefficient (Wildman–Crippen LogP) is -2.35. The summed E-state index contributed by atoms with van der Waals surface area (Å²) in [4.78, 5) is 21.1. The summed E-state index contributed by atoms with van der Waals surface area (Å²) >= 11 is 0.